The van der Waals surface area contributed by atoms with Crippen LogP contribution in [-0.2, 0) is 26.9 Å². The van der Waals surface area contributed by atoms with E-state index in [0.29, 0.717) is 34.8 Å². The highest BCUT2D eigenvalue weighted by molar-refractivity contribution is 8.14. The average Bonchev–Trinajstić information content (AvgIpc) is 3.38. The Balaban J connectivity index is 1.30. The van der Waals surface area contributed by atoms with Gasteiger partial charge in [0, 0.05) is 17.9 Å². The summed E-state index contributed by atoms with van der Waals surface area (Å²) in [6, 6.07) is 11.4. The minimum absolute atomic E-state index is 0.00574. The highest BCUT2D eigenvalue weighted by Gasteiger charge is 2.15. The van der Waals surface area contributed by atoms with Crippen LogP contribution >= 0.6 is 20.1 Å². The summed E-state index contributed by atoms with van der Waals surface area (Å²) in [6.07, 6.45) is 1.61. The van der Waals surface area contributed by atoms with Crippen molar-refractivity contribution in [2.24, 2.45) is 0 Å². The van der Waals surface area contributed by atoms with Crippen LogP contribution < -0.4 is 20.8 Å². The molecule has 12 nitrogen and oxygen atoms in total. The molecular weight excluding hydrogens is 576 g/mol. The lowest BCUT2D eigenvalue weighted by atomic mass is 10.2. The van der Waals surface area contributed by atoms with E-state index in [-0.39, 0.29) is 48.5 Å². The van der Waals surface area contributed by atoms with Crippen molar-refractivity contribution in [1.82, 2.24) is 19.5 Å². The Hall–Kier alpha value is -3.55. The van der Waals surface area contributed by atoms with Crippen molar-refractivity contribution in [2.75, 3.05) is 45.3 Å². The molecule has 0 bridgehead atoms. The van der Waals surface area contributed by atoms with Gasteiger partial charge in [0.15, 0.2) is 31.1 Å². The summed E-state index contributed by atoms with van der Waals surface area (Å²) in [6.45, 7) is 0.918. The van der Waals surface area contributed by atoms with Gasteiger partial charge in [-0.25, -0.2) is 9.37 Å². The van der Waals surface area contributed by atoms with E-state index < -0.39 is 19.8 Å². The van der Waals surface area contributed by atoms with E-state index >= 15 is 0 Å². The van der Waals surface area contributed by atoms with Crippen LogP contribution in [0, 0.1) is 5.82 Å². The zero-order chi connectivity index (χ0) is 29.2. The van der Waals surface area contributed by atoms with Crippen molar-refractivity contribution in [1.29, 1.82) is 0 Å². The van der Waals surface area contributed by atoms with Crippen LogP contribution in [0.15, 0.2) is 53.6 Å². The number of thioether (sulfide) groups is 1. The van der Waals surface area contributed by atoms with Crippen LogP contribution in [0.1, 0.15) is 15.9 Å². The fraction of sp³-hybridized carbons (Fsp3) is 0.308. The first-order valence-electron chi connectivity index (χ1n) is 12.3. The second-order valence-electron chi connectivity index (χ2n) is 8.37. The first kappa shape index (κ1) is 30.4. The summed E-state index contributed by atoms with van der Waals surface area (Å²) in [5.74, 6) is 0.703. The maximum absolute atomic E-state index is 14.1. The third-order valence-corrected chi connectivity index (χ3v) is 7.78. The molecule has 1 unspecified atom stereocenters. The first-order chi connectivity index (χ1) is 19.9. The number of nitrogens with two attached hydrogens (primary N) is 1. The van der Waals surface area contributed by atoms with Crippen molar-refractivity contribution in [3.8, 4) is 11.5 Å². The summed E-state index contributed by atoms with van der Waals surface area (Å²) >= 11 is 1.13. The van der Waals surface area contributed by atoms with Gasteiger partial charge >= 0.3 is 0 Å². The number of hydrogen-bond donors (Lipinski definition) is 2. The number of nitrogen functional groups attached to an aromatic ring is 1. The van der Waals surface area contributed by atoms with Crippen molar-refractivity contribution < 1.29 is 32.4 Å². The predicted octanol–water partition coefficient (Wildman–Crippen LogP) is 3.95. The molecule has 2 aromatic carbocycles. The Kier molecular flexibility index (Phi) is 11.0. The number of anilines is 1. The number of rotatable bonds is 15. The molecule has 0 aliphatic carbocycles. The topological polar surface area (TPSA) is 153 Å². The number of halogens is 1. The van der Waals surface area contributed by atoms with E-state index in [1.54, 1.807) is 42.0 Å². The Morgan fingerprint density at radius 1 is 1.12 bits per heavy atom. The molecule has 218 valence electrons. The van der Waals surface area contributed by atoms with Crippen molar-refractivity contribution in [3.05, 3.63) is 76.1 Å². The summed E-state index contributed by atoms with van der Waals surface area (Å²) in [5, 5.41) is -0.0906. The van der Waals surface area contributed by atoms with Gasteiger partial charge in [-0.2, -0.15) is 4.98 Å². The molecule has 3 N–H and O–H groups in total. The Morgan fingerprint density at radius 3 is 2.66 bits per heavy atom. The number of methoxy groups -OCH3 is 2. The number of imidazole rings is 1. The third-order valence-electron chi connectivity index (χ3n) is 5.64. The Bertz CT molecular complexity index is 1520. The normalized spacial score (nSPS) is 12.0. The SMILES string of the molecule is COc1ccc(C(=O)SCCOP(COCCn2cnc3c(=O)[nH]c(N)nc32)OCc2ccc(OC)c(F)c2)cc1. The van der Waals surface area contributed by atoms with Gasteiger partial charge in [-0.3, -0.25) is 14.6 Å². The predicted molar refractivity (Wildman–Crippen MR) is 154 cm³/mol. The Morgan fingerprint density at radius 2 is 1.93 bits per heavy atom. The second-order valence-corrected chi connectivity index (χ2v) is 10.9. The van der Waals surface area contributed by atoms with Crippen LogP contribution in [0.4, 0.5) is 10.3 Å². The highest BCUT2D eigenvalue weighted by Crippen LogP contribution is 2.39. The van der Waals surface area contributed by atoms with Crippen LogP contribution in [0.25, 0.3) is 11.2 Å². The van der Waals surface area contributed by atoms with E-state index in [9.17, 15) is 14.0 Å². The molecule has 41 heavy (non-hydrogen) atoms. The van der Waals surface area contributed by atoms with Gasteiger partial charge in [-0.1, -0.05) is 17.8 Å². The van der Waals surface area contributed by atoms with Crippen LogP contribution in [0.5, 0.6) is 11.5 Å². The van der Waals surface area contributed by atoms with E-state index in [2.05, 4.69) is 15.0 Å². The van der Waals surface area contributed by atoms with Gasteiger partial charge in [0.05, 0.1) is 40.4 Å². The van der Waals surface area contributed by atoms with Gasteiger partial charge in [0.1, 0.15) is 12.1 Å². The minimum Gasteiger partial charge on any atom is -0.497 e. The quantitative estimate of drug-likeness (QED) is 0.150. The maximum atomic E-state index is 14.1. The molecule has 0 aliphatic heterocycles. The maximum Gasteiger partial charge on any atom is 0.280 e. The number of carbonyl (C=O) groups is 1. The number of hydrogen-bond acceptors (Lipinski definition) is 11. The van der Waals surface area contributed by atoms with E-state index in [4.69, 9.17) is 29.0 Å². The molecule has 0 radical (unpaired) electrons. The van der Waals surface area contributed by atoms with Crippen LogP contribution in [0.3, 0.4) is 0 Å². The number of aromatic amines is 1. The number of fused-ring (bicyclic) bond motifs is 1. The monoisotopic (exact) mass is 605 g/mol. The van der Waals surface area contributed by atoms with E-state index in [0.717, 1.165) is 11.8 Å². The number of nitrogens with one attached hydrogen (secondary N) is 1. The largest absolute Gasteiger partial charge is 0.497 e. The highest BCUT2D eigenvalue weighted by atomic mass is 32.2. The molecular formula is C26H29FN5O7PS. The second kappa shape index (κ2) is 14.9. The van der Waals surface area contributed by atoms with Gasteiger partial charge < -0.3 is 33.6 Å². The number of ether oxygens (including phenoxy) is 3. The molecule has 2 heterocycles. The number of nitrogens with zero attached hydrogens (tertiary/aromatic N) is 3. The average molecular weight is 606 g/mol. The standard InChI is InChI=1S/C26H29FN5O7PS/c1-35-19-6-4-18(5-7-19)25(34)41-12-11-38-40(39-14-17-3-8-21(36-2)20(27)13-17)16-37-10-9-32-15-29-22-23(32)30-26(28)31-24(22)33/h3-8,13,15H,9-12,14,16H2,1-2H3,(H3,28,30,31,33). The number of carbonyl (C=O) groups excluding carboxylic acids is 1. The van der Waals surface area contributed by atoms with Crippen molar-refractivity contribution in [3.63, 3.8) is 0 Å². The lowest BCUT2D eigenvalue weighted by Gasteiger charge is -2.18. The molecule has 1 atom stereocenters. The third kappa shape index (κ3) is 8.47. The van der Waals surface area contributed by atoms with Crippen LogP contribution in [0.2, 0.25) is 0 Å². The zero-order valence-electron chi connectivity index (χ0n) is 22.4. The molecule has 0 spiro atoms. The fourth-order valence-corrected chi connectivity index (χ4v) is 5.45. The van der Waals surface area contributed by atoms with Crippen molar-refractivity contribution >= 4 is 42.4 Å². The lowest BCUT2D eigenvalue weighted by molar-refractivity contribution is 0.108. The molecule has 0 saturated heterocycles. The molecule has 0 saturated carbocycles. The number of H-pyrrole nitrogens is 1. The van der Waals surface area contributed by atoms with Gasteiger partial charge in [-0.05, 0) is 42.0 Å². The molecule has 15 heteroatoms. The number of aromatic nitrogens is 4. The van der Waals surface area contributed by atoms with E-state index in [1.807, 2.05) is 0 Å². The smallest absolute Gasteiger partial charge is 0.280 e. The molecule has 4 rings (SSSR count). The molecule has 0 amide bonds. The summed E-state index contributed by atoms with van der Waals surface area (Å²) < 4.78 is 43.5. The van der Waals surface area contributed by atoms with Gasteiger partial charge in [0.2, 0.25) is 11.1 Å². The summed E-state index contributed by atoms with van der Waals surface area (Å²) in [5.41, 5.74) is 6.92. The summed E-state index contributed by atoms with van der Waals surface area (Å²) in [7, 11) is 1.41. The lowest BCUT2D eigenvalue weighted by Crippen LogP contribution is -2.13. The van der Waals surface area contributed by atoms with Crippen LogP contribution in [-0.4, -0.2) is 64.2 Å². The Labute approximate surface area is 240 Å². The molecule has 2 aromatic heterocycles. The van der Waals surface area contributed by atoms with Gasteiger partial charge in [-0.15, -0.1) is 0 Å². The van der Waals surface area contributed by atoms with Crippen molar-refractivity contribution in [2.45, 2.75) is 13.2 Å². The molecule has 0 fully saturated rings. The van der Waals surface area contributed by atoms with E-state index in [1.165, 1.54) is 25.6 Å². The summed E-state index contributed by atoms with van der Waals surface area (Å²) in [4.78, 5) is 35.1. The molecule has 0 aliphatic rings. The molecule has 4 aromatic rings. The minimum atomic E-state index is -1.54. The van der Waals surface area contributed by atoms with Gasteiger partial charge in [0.25, 0.3) is 5.56 Å². The first-order valence-corrected chi connectivity index (χ1v) is 14.7. The fourth-order valence-electron chi connectivity index (χ4n) is 3.58. The zero-order valence-corrected chi connectivity index (χ0v) is 24.1. The number of benzene rings is 2.